The number of halogens is 2. The summed E-state index contributed by atoms with van der Waals surface area (Å²) in [4.78, 5) is 13.6. The van der Waals surface area contributed by atoms with Crippen LogP contribution in [0.5, 0.6) is 0 Å². The topological polar surface area (TPSA) is 52.6 Å². The van der Waals surface area contributed by atoms with Crippen molar-refractivity contribution in [3.8, 4) is 0 Å². The molecule has 116 valence electrons. The van der Waals surface area contributed by atoms with Crippen LogP contribution in [0.3, 0.4) is 0 Å². The predicted molar refractivity (Wildman–Crippen MR) is 75.0 cm³/mol. The third-order valence-corrected chi connectivity index (χ3v) is 3.68. The molecule has 1 fully saturated rings. The molecular weight excluding hydrogens is 278 g/mol. The summed E-state index contributed by atoms with van der Waals surface area (Å²) < 4.78 is 27.8. The van der Waals surface area contributed by atoms with Gasteiger partial charge >= 0.3 is 5.92 Å². The minimum absolute atomic E-state index is 0.0211. The average molecular weight is 298 g/mol. The zero-order valence-corrected chi connectivity index (χ0v) is 11.9. The maximum absolute atomic E-state index is 13.9. The predicted octanol–water partition coefficient (Wildman–Crippen LogP) is 1.57. The van der Waals surface area contributed by atoms with E-state index in [0.717, 1.165) is 12.8 Å². The maximum atomic E-state index is 13.9. The number of amides is 1. The van der Waals surface area contributed by atoms with E-state index in [1.165, 1.54) is 24.3 Å². The molecular formula is C15H20F2N2O2. The molecule has 1 aromatic rings. The minimum Gasteiger partial charge on any atom is -0.381 e. The molecule has 0 bridgehead atoms. The Morgan fingerprint density at radius 2 is 2.05 bits per heavy atom. The third kappa shape index (κ3) is 3.98. The smallest absolute Gasteiger partial charge is 0.353 e. The molecule has 0 spiro atoms. The number of aliphatic hydroxyl groups excluding tert-OH is 1. The number of aliphatic hydroxyl groups is 1. The van der Waals surface area contributed by atoms with Crippen molar-refractivity contribution in [3.63, 3.8) is 0 Å². The Labute approximate surface area is 122 Å². The molecule has 1 aliphatic rings. The van der Waals surface area contributed by atoms with Crippen molar-refractivity contribution in [2.24, 2.45) is 0 Å². The molecule has 0 unspecified atom stereocenters. The fraction of sp³-hybridized carbons (Fsp3) is 0.533. The zero-order valence-electron chi connectivity index (χ0n) is 11.9. The van der Waals surface area contributed by atoms with Gasteiger partial charge in [-0.1, -0.05) is 30.3 Å². The zero-order chi connectivity index (χ0) is 15.5. The molecule has 1 saturated carbocycles. The van der Waals surface area contributed by atoms with Crippen molar-refractivity contribution < 1.29 is 18.7 Å². The number of alkyl halides is 2. The van der Waals surface area contributed by atoms with Crippen LogP contribution in [-0.2, 0) is 4.79 Å². The number of hydrogen-bond donors (Lipinski definition) is 2. The van der Waals surface area contributed by atoms with E-state index < -0.39 is 17.9 Å². The van der Waals surface area contributed by atoms with Crippen LogP contribution >= 0.6 is 0 Å². The van der Waals surface area contributed by atoms with Gasteiger partial charge in [-0.3, -0.25) is 4.79 Å². The summed E-state index contributed by atoms with van der Waals surface area (Å²) in [5.41, 5.74) is 0.0211. The summed E-state index contributed by atoms with van der Waals surface area (Å²) in [7, 11) is 1.90. The molecule has 2 N–H and O–H groups in total. The Hall–Kier alpha value is -1.53. The molecule has 6 heteroatoms. The van der Waals surface area contributed by atoms with Crippen molar-refractivity contribution in [3.05, 3.63) is 35.9 Å². The first-order chi connectivity index (χ1) is 9.93. The van der Waals surface area contributed by atoms with Crippen molar-refractivity contribution in [2.75, 3.05) is 20.1 Å². The van der Waals surface area contributed by atoms with Gasteiger partial charge in [0.25, 0.3) is 5.91 Å². The van der Waals surface area contributed by atoms with E-state index in [2.05, 4.69) is 5.32 Å². The monoisotopic (exact) mass is 298 g/mol. The highest BCUT2D eigenvalue weighted by Gasteiger charge is 2.47. The normalized spacial score (nSPS) is 16.8. The third-order valence-electron chi connectivity index (χ3n) is 3.68. The number of carbonyl (C=O) groups excluding carboxylic acids is 1. The van der Waals surface area contributed by atoms with Crippen LogP contribution < -0.4 is 5.32 Å². The van der Waals surface area contributed by atoms with Crippen LogP contribution in [0, 0.1) is 0 Å². The van der Waals surface area contributed by atoms with Crippen LogP contribution in [0.2, 0.25) is 0 Å². The molecule has 0 aliphatic heterocycles. The second-order valence-corrected chi connectivity index (χ2v) is 5.40. The fourth-order valence-electron chi connectivity index (χ4n) is 2.13. The van der Waals surface area contributed by atoms with E-state index in [9.17, 15) is 18.7 Å². The van der Waals surface area contributed by atoms with E-state index >= 15 is 0 Å². The van der Waals surface area contributed by atoms with E-state index in [1.807, 2.05) is 11.9 Å². The van der Waals surface area contributed by atoms with Crippen LogP contribution in [0.15, 0.2) is 30.3 Å². The van der Waals surface area contributed by atoms with Gasteiger partial charge in [0.15, 0.2) is 6.10 Å². The van der Waals surface area contributed by atoms with Gasteiger partial charge in [-0.15, -0.1) is 0 Å². The van der Waals surface area contributed by atoms with Gasteiger partial charge in [0.1, 0.15) is 0 Å². The molecule has 1 amide bonds. The highest BCUT2D eigenvalue weighted by atomic mass is 19.3. The number of likely N-dealkylation sites (N-methyl/N-ethyl adjacent to an activating group) is 1. The molecule has 0 saturated heterocycles. The molecule has 1 aromatic carbocycles. The highest BCUT2D eigenvalue weighted by Crippen LogP contribution is 2.31. The highest BCUT2D eigenvalue weighted by molar-refractivity contribution is 5.84. The molecule has 21 heavy (non-hydrogen) atoms. The summed E-state index contributed by atoms with van der Waals surface area (Å²) in [6.45, 7) is 0.664. The number of rotatable bonds is 7. The summed E-state index contributed by atoms with van der Waals surface area (Å²) in [5.74, 6) is -5.29. The number of hydrogen-bond acceptors (Lipinski definition) is 3. The quantitative estimate of drug-likeness (QED) is 0.803. The second-order valence-electron chi connectivity index (χ2n) is 5.40. The van der Waals surface area contributed by atoms with Gasteiger partial charge < -0.3 is 15.3 Å². The van der Waals surface area contributed by atoms with E-state index in [1.54, 1.807) is 6.07 Å². The second kappa shape index (κ2) is 6.49. The van der Waals surface area contributed by atoms with Crippen LogP contribution in [0.4, 0.5) is 8.78 Å². The molecule has 2 rings (SSSR count). The Bertz CT molecular complexity index is 478. The Balaban J connectivity index is 1.86. The van der Waals surface area contributed by atoms with Gasteiger partial charge in [-0.2, -0.15) is 8.78 Å². The fourth-order valence-corrected chi connectivity index (χ4v) is 2.13. The van der Waals surface area contributed by atoms with E-state index in [0.29, 0.717) is 12.6 Å². The Morgan fingerprint density at radius 3 is 2.62 bits per heavy atom. The lowest BCUT2D eigenvalue weighted by Gasteiger charge is -2.23. The minimum atomic E-state index is -3.85. The van der Waals surface area contributed by atoms with Crippen LogP contribution in [0.1, 0.15) is 24.5 Å². The lowest BCUT2D eigenvalue weighted by Crippen LogP contribution is -2.46. The Morgan fingerprint density at radius 1 is 1.43 bits per heavy atom. The summed E-state index contributed by atoms with van der Waals surface area (Å²) in [6.07, 6.45) is 0.0977. The molecule has 0 heterocycles. The van der Waals surface area contributed by atoms with Gasteiger partial charge in [-0.05, 0) is 25.5 Å². The first-order valence-corrected chi connectivity index (χ1v) is 7.02. The first kappa shape index (κ1) is 15.9. The number of benzene rings is 1. The van der Waals surface area contributed by atoms with E-state index in [-0.39, 0.29) is 12.1 Å². The van der Waals surface area contributed by atoms with Gasteiger partial charge in [0, 0.05) is 19.1 Å². The lowest BCUT2D eigenvalue weighted by molar-refractivity contribution is -0.164. The lowest BCUT2D eigenvalue weighted by atomic mass is 10.0. The number of nitrogens with one attached hydrogen (secondary N) is 1. The van der Waals surface area contributed by atoms with Crippen molar-refractivity contribution in [2.45, 2.75) is 30.9 Å². The summed E-state index contributed by atoms with van der Waals surface area (Å²) >= 11 is 0. The average Bonchev–Trinajstić information content (AvgIpc) is 3.31. The summed E-state index contributed by atoms with van der Waals surface area (Å²) in [6, 6.07) is 7.98. The van der Waals surface area contributed by atoms with Gasteiger partial charge in [-0.25, -0.2) is 0 Å². The van der Waals surface area contributed by atoms with Crippen molar-refractivity contribution in [1.29, 1.82) is 0 Å². The van der Waals surface area contributed by atoms with Crippen LogP contribution in [-0.4, -0.2) is 48.0 Å². The first-order valence-electron chi connectivity index (χ1n) is 7.02. The largest absolute Gasteiger partial charge is 0.381 e. The Kier molecular flexibility index (Phi) is 4.90. The summed E-state index contributed by atoms with van der Waals surface area (Å²) in [5, 5.41) is 11.9. The number of nitrogens with zero attached hydrogens (tertiary/aromatic N) is 1. The molecule has 0 aromatic heterocycles. The molecule has 0 radical (unpaired) electrons. The SMILES string of the molecule is CN(CCNC(=O)C(F)(F)[C@H](O)c1ccccc1)C1CC1. The van der Waals surface area contributed by atoms with Crippen LogP contribution in [0.25, 0.3) is 0 Å². The standard InChI is InChI=1S/C15H20F2N2O2/c1-19(12-7-8-12)10-9-18-14(21)15(16,17)13(20)11-5-3-2-4-6-11/h2-6,12-13,20H,7-10H2,1H3,(H,18,21)/t13-/m1/s1. The molecule has 4 nitrogen and oxygen atoms in total. The van der Waals surface area contributed by atoms with Crippen molar-refractivity contribution in [1.82, 2.24) is 10.2 Å². The number of carbonyl (C=O) groups is 1. The van der Waals surface area contributed by atoms with Gasteiger partial charge in [0.05, 0.1) is 0 Å². The van der Waals surface area contributed by atoms with Gasteiger partial charge in [0.2, 0.25) is 0 Å². The maximum Gasteiger partial charge on any atom is 0.353 e. The van der Waals surface area contributed by atoms with Crippen molar-refractivity contribution >= 4 is 5.91 Å². The van der Waals surface area contributed by atoms with E-state index in [4.69, 9.17) is 0 Å². The molecule has 1 atom stereocenters. The molecule has 1 aliphatic carbocycles.